The Labute approximate surface area is 92.1 Å². The molecule has 0 fully saturated rings. The number of aliphatic carboxylic acids is 1. The average Bonchev–Trinajstić information content (AvgIpc) is 2.18. The fraction of sp³-hybridized carbons (Fsp3) is 0.364. The molecule has 76 valence electrons. The van der Waals surface area contributed by atoms with Crippen molar-refractivity contribution >= 4 is 21.9 Å². The highest BCUT2D eigenvalue weighted by Gasteiger charge is 2.38. The molecule has 0 saturated heterocycles. The lowest BCUT2D eigenvalue weighted by molar-refractivity contribution is -0.142. The SMILES string of the molecule is C=CCC1(CBr)C=CC=CC1C(=O)O. The van der Waals surface area contributed by atoms with Crippen molar-refractivity contribution in [2.24, 2.45) is 11.3 Å². The maximum atomic E-state index is 11.1. The van der Waals surface area contributed by atoms with Crippen LogP contribution in [0.15, 0.2) is 37.0 Å². The van der Waals surface area contributed by atoms with Crippen LogP contribution in [0.25, 0.3) is 0 Å². The summed E-state index contributed by atoms with van der Waals surface area (Å²) in [7, 11) is 0. The molecule has 2 nitrogen and oxygen atoms in total. The van der Waals surface area contributed by atoms with Gasteiger partial charge in [0.15, 0.2) is 0 Å². The minimum absolute atomic E-state index is 0.359. The van der Waals surface area contributed by atoms with E-state index in [-0.39, 0.29) is 5.41 Å². The van der Waals surface area contributed by atoms with Gasteiger partial charge in [0.05, 0.1) is 5.92 Å². The fourth-order valence-corrected chi connectivity index (χ4v) is 2.46. The van der Waals surface area contributed by atoms with Gasteiger partial charge >= 0.3 is 5.97 Å². The lowest BCUT2D eigenvalue weighted by atomic mass is 9.72. The summed E-state index contributed by atoms with van der Waals surface area (Å²) < 4.78 is 0. The van der Waals surface area contributed by atoms with Crippen LogP contribution >= 0.6 is 15.9 Å². The molecular formula is C11H13BrO2. The topological polar surface area (TPSA) is 37.3 Å². The number of rotatable bonds is 4. The van der Waals surface area contributed by atoms with Gasteiger partial charge in [-0.2, -0.15) is 0 Å². The zero-order chi connectivity index (χ0) is 10.6. The maximum absolute atomic E-state index is 11.1. The van der Waals surface area contributed by atoms with Crippen LogP contribution < -0.4 is 0 Å². The third kappa shape index (κ3) is 1.98. The first-order valence-corrected chi connectivity index (χ1v) is 5.54. The predicted octanol–water partition coefficient (Wildman–Crippen LogP) is 2.77. The summed E-state index contributed by atoms with van der Waals surface area (Å²) in [6.45, 7) is 3.67. The normalized spacial score (nSPS) is 30.2. The molecule has 1 aliphatic rings. The van der Waals surface area contributed by atoms with E-state index in [1.807, 2.05) is 12.2 Å². The largest absolute Gasteiger partial charge is 0.481 e. The molecule has 0 saturated carbocycles. The Bertz CT molecular complexity index is 294. The van der Waals surface area contributed by atoms with E-state index in [1.165, 1.54) is 0 Å². The molecule has 14 heavy (non-hydrogen) atoms. The lowest BCUT2D eigenvalue weighted by Crippen LogP contribution is -2.35. The van der Waals surface area contributed by atoms with Gasteiger partial charge in [-0.25, -0.2) is 0 Å². The molecule has 2 atom stereocenters. The van der Waals surface area contributed by atoms with E-state index < -0.39 is 11.9 Å². The Balaban J connectivity index is 3.01. The predicted molar refractivity (Wildman–Crippen MR) is 60.4 cm³/mol. The van der Waals surface area contributed by atoms with Crippen molar-refractivity contribution in [1.82, 2.24) is 0 Å². The van der Waals surface area contributed by atoms with Crippen molar-refractivity contribution < 1.29 is 9.90 Å². The summed E-state index contributed by atoms with van der Waals surface area (Å²) >= 11 is 3.38. The van der Waals surface area contributed by atoms with Crippen LogP contribution in [0, 0.1) is 11.3 Å². The first-order chi connectivity index (χ1) is 6.66. The monoisotopic (exact) mass is 256 g/mol. The van der Waals surface area contributed by atoms with Crippen molar-refractivity contribution in [1.29, 1.82) is 0 Å². The second-order valence-electron chi connectivity index (χ2n) is 3.42. The summed E-state index contributed by atoms with van der Waals surface area (Å²) in [4.78, 5) is 11.1. The molecule has 0 aliphatic heterocycles. The number of hydrogen-bond acceptors (Lipinski definition) is 1. The highest BCUT2D eigenvalue weighted by molar-refractivity contribution is 9.09. The molecule has 0 radical (unpaired) electrons. The molecule has 3 heteroatoms. The van der Waals surface area contributed by atoms with Crippen LogP contribution in [0.5, 0.6) is 0 Å². The molecule has 1 rings (SSSR count). The Morgan fingerprint density at radius 3 is 2.86 bits per heavy atom. The summed E-state index contributed by atoms with van der Waals surface area (Å²) in [5, 5.41) is 9.72. The molecule has 0 amide bonds. The van der Waals surface area contributed by atoms with Crippen molar-refractivity contribution in [3.63, 3.8) is 0 Å². The van der Waals surface area contributed by atoms with E-state index in [9.17, 15) is 4.79 Å². The highest BCUT2D eigenvalue weighted by atomic mass is 79.9. The number of allylic oxidation sites excluding steroid dienone is 4. The molecule has 2 unspecified atom stereocenters. The van der Waals surface area contributed by atoms with Gasteiger partial charge in [0, 0.05) is 10.7 Å². The third-order valence-corrected chi connectivity index (χ3v) is 3.55. The summed E-state index contributed by atoms with van der Waals surface area (Å²) in [5.41, 5.74) is -0.359. The summed E-state index contributed by atoms with van der Waals surface area (Å²) in [6, 6.07) is 0. The third-order valence-electron chi connectivity index (χ3n) is 2.50. The van der Waals surface area contributed by atoms with Crippen molar-refractivity contribution in [3.05, 3.63) is 37.0 Å². The number of carboxylic acid groups (broad SMARTS) is 1. The van der Waals surface area contributed by atoms with Crippen LogP contribution in [-0.4, -0.2) is 16.4 Å². The lowest BCUT2D eigenvalue weighted by Gasteiger charge is -2.33. The van der Waals surface area contributed by atoms with Gasteiger partial charge in [-0.1, -0.05) is 46.3 Å². The summed E-state index contributed by atoms with van der Waals surface area (Å²) in [5.74, 6) is -1.25. The Morgan fingerprint density at radius 2 is 2.36 bits per heavy atom. The molecule has 0 spiro atoms. The van der Waals surface area contributed by atoms with Gasteiger partial charge < -0.3 is 5.11 Å². The molecule has 0 aromatic carbocycles. The number of hydrogen-bond donors (Lipinski definition) is 1. The van der Waals surface area contributed by atoms with E-state index in [1.54, 1.807) is 18.2 Å². The van der Waals surface area contributed by atoms with Gasteiger partial charge in [-0.3, -0.25) is 4.79 Å². The minimum Gasteiger partial charge on any atom is -0.481 e. The zero-order valence-electron chi connectivity index (χ0n) is 7.82. The Hall–Kier alpha value is -0.830. The van der Waals surface area contributed by atoms with E-state index in [4.69, 9.17) is 5.11 Å². The van der Waals surface area contributed by atoms with E-state index >= 15 is 0 Å². The van der Waals surface area contributed by atoms with Crippen LogP contribution in [0.4, 0.5) is 0 Å². The highest BCUT2D eigenvalue weighted by Crippen LogP contribution is 2.39. The minimum atomic E-state index is -0.785. The number of carbonyl (C=O) groups is 1. The van der Waals surface area contributed by atoms with Crippen LogP contribution in [0.3, 0.4) is 0 Å². The average molecular weight is 257 g/mol. The van der Waals surface area contributed by atoms with Gasteiger partial charge in [0.1, 0.15) is 0 Å². The number of halogens is 1. The van der Waals surface area contributed by atoms with Gasteiger partial charge in [0.2, 0.25) is 0 Å². The first-order valence-electron chi connectivity index (χ1n) is 4.42. The molecule has 1 N–H and O–H groups in total. The second-order valence-corrected chi connectivity index (χ2v) is 3.98. The molecule has 0 aromatic rings. The Morgan fingerprint density at radius 1 is 1.64 bits per heavy atom. The number of alkyl halides is 1. The molecule has 0 heterocycles. The summed E-state index contributed by atoms with van der Waals surface area (Å²) in [6.07, 6.45) is 9.78. The molecule has 1 aliphatic carbocycles. The van der Waals surface area contributed by atoms with Crippen LogP contribution in [0.1, 0.15) is 6.42 Å². The zero-order valence-corrected chi connectivity index (χ0v) is 9.40. The molecule has 0 aromatic heterocycles. The van der Waals surface area contributed by atoms with E-state index in [0.29, 0.717) is 11.8 Å². The Kier molecular flexibility index (Phi) is 3.69. The van der Waals surface area contributed by atoms with E-state index in [0.717, 1.165) is 0 Å². The molecular weight excluding hydrogens is 244 g/mol. The van der Waals surface area contributed by atoms with E-state index in [2.05, 4.69) is 22.5 Å². The smallest absolute Gasteiger partial charge is 0.311 e. The van der Waals surface area contributed by atoms with Crippen LogP contribution in [0.2, 0.25) is 0 Å². The number of carboxylic acids is 1. The van der Waals surface area contributed by atoms with Gasteiger partial charge in [-0.05, 0) is 6.42 Å². The van der Waals surface area contributed by atoms with Crippen molar-refractivity contribution in [2.75, 3.05) is 5.33 Å². The standard InChI is InChI=1S/C11H13BrO2/c1-2-6-11(8-12)7-4-3-5-9(11)10(13)14/h2-5,7,9H,1,6,8H2,(H,13,14). The maximum Gasteiger partial charge on any atom is 0.311 e. The van der Waals surface area contributed by atoms with Gasteiger partial charge in [-0.15, -0.1) is 6.58 Å². The molecule has 0 bridgehead atoms. The van der Waals surface area contributed by atoms with Crippen LogP contribution in [-0.2, 0) is 4.79 Å². The first kappa shape index (κ1) is 11.2. The second kappa shape index (κ2) is 4.60. The quantitative estimate of drug-likeness (QED) is 0.621. The fourth-order valence-electron chi connectivity index (χ4n) is 1.69. The van der Waals surface area contributed by atoms with Gasteiger partial charge in [0.25, 0.3) is 0 Å². The van der Waals surface area contributed by atoms with Crippen molar-refractivity contribution in [3.8, 4) is 0 Å². The van der Waals surface area contributed by atoms with Crippen molar-refractivity contribution in [2.45, 2.75) is 6.42 Å².